The first-order valence-electron chi connectivity index (χ1n) is 7.37. The van der Waals surface area contributed by atoms with Crippen LogP contribution in [0, 0.1) is 0 Å². The average molecular weight is 311 g/mol. The largest absolute Gasteiger partial charge is 0.472 e. The molecule has 1 N–H and O–H groups in total. The van der Waals surface area contributed by atoms with E-state index < -0.39 is 0 Å². The lowest BCUT2D eigenvalue weighted by molar-refractivity contribution is 0.0684. The van der Waals surface area contributed by atoms with Gasteiger partial charge in [-0.1, -0.05) is 12.1 Å². The normalized spacial score (nSPS) is 11.1. The predicted octanol–water partition coefficient (Wildman–Crippen LogP) is 2.57. The quantitative estimate of drug-likeness (QED) is 0.803. The van der Waals surface area contributed by atoms with Gasteiger partial charge in [0.1, 0.15) is 12.1 Å². The third-order valence-corrected chi connectivity index (χ3v) is 3.63. The fraction of sp³-hybridized carbons (Fsp3) is 0.235. The maximum absolute atomic E-state index is 12.5. The van der Waals surface area contributed by atoms with E-state index in [0.717, 1.165) is 0 Å². The molecular weight excluding hydrogens is 294 g/mol. The molecule has 0 spiro atoms. The lowest BCUT2D eigenvalue weighted by atomic mass is 10.2. The van der Waals surface area contributed by atoms with Crippen LogP contribution in [0.15, 0.2) is 52.1 Å². The Labute approximate surface area is 132 Å². The Hall–Kier alpha value is -2.89. The predicted molar refractivity (Wildman–Crippen MR) is 86.1 cm³/mol. The van der Waals surface area contributed by atoms with Gasteiger partial charge in [-0.3, -0.25) is 9.59 Å². The zero-order chi connectivity index (χ0) is 16.4. The number of fused-ring (bicyclic) bond motifs is 1. The van der Waals surface area contributed by atoms with Crippen molar-refractivity contribution in [1.82, 2.24) is 14.9 Å². The summed E-state index contributed by atoms with van der Waals surface area (Å²) in [5, 5.41) is 0.536. The minimum Gasteiger partial charge on any atom is -0.472 e. The van der Waals surface area contributed by atoms with Crippen molar-refractivity contribution in [3.05, 3.63) is 64.6 Å². The third-order valence-electron chi connectivity index (χ3n) is 3.63. The van der Waals surface area contributed by atoms with Crippen LogP contribution in [0.2, 0.25) is 0 Å². The van der Waals surface area contributed by atoms with Crippen molar-refractivity contribution in [3.8, 4) is 0 Å². The molecule has 0 radical (unpaired) electrons. The number of para-hydroxylation sites is 1. The highest BCUT2D eigenvalue weighted by Crippen LogP contribution is 2.13. The standard InChI is InChI=1S/C17H17N3O3/c1-11(2)20(17(22)12-7-8-23-10-12)9-15-18-14-6-4-3-5-13(14)16(21)19-15/h3-8,10-11H,9H2,1-2H3,(H,18,19,21). The second-order valence-corrected chi connectivity index (χ2v) is 5.57. The summed E-state index contributed by atoms with van der Waals surface area (Å²) < 4.78 is 4.97. The molecule has 0 bridgehead atoms. The number of H-pyrrole nitrogens is 1. The SMILES string of the molecule is CC(C)N(Cc1nc2ccccc2c(=O)[nH]1)C(=O)c1ccoc1. The molecule has 3 rings (SSSR count). The Balaban J connectivity index is 1.95. The van der Waals surface area contributed by atoms with Crippen molar-refractivity contribution in [2.24, 2.45) is 0 Å². The Morgan fingerprint density at radius 2 is 2.09 bits per heavy atom. The number of aromatic amines is 1. The van der Waals surface area contributed by atoms with Crippen molar-refractivity contribution in [3.63, 3.8) is 0 Å². The van der Waals surface area contributed by atoms with Gasteiger partial charge in [0.2, 0.25) is 0 Å². The van der Waals surface area contributed by atoms with Crippen LogP contribution in [0.25, 0.3) is 10.9 Å². The highest BCUT2D eigenvalue weighted by molar-refractivity contribution is 5.94. The number of nitrogens with zero attached hydrogens (tertiary/aromatic N) is 2. The molecule has 0 aliphatic rings. The first-order chi connectivity index (χ1) is 11.1. The molecule has 0 saturated carbocycles. The van der Waals surface area contributed by atoms with Gasteiger partial charge >= 0.3 is 0 Å². The number of carbonyl (C=O) groups excluding carboxylic acids is 1. The van der Waals surface area contributed by atoms with Gasteiger partial charge in [0.05, 0.1) is 29.3 Å². The van der Waals surface area contributed by atoms with Crippen LogP contribution in [0.5, 0.6) is 0 Å². The van der Waals surface area contributed by atoms with Crippen molar-refractivity contribution in [2.45, 2.75) is 26.4 Å². The summed E-state index contributed by atoms with van der Waals surface area (Å²) in [6.45, 7) is 4.05. The molecule has 0 saturated heterocycles. The minimum atomic E-state index is -0.204. The molecule has 2 aromatic heterocycles. The summed E-state index contributed by atoms with van der Waals surface area (Å²) in [5.74, 6) is 0.295. The monoisotopic (exact) mass is 311 g/mol. The van der Waals surface area contributed by atoms with Crippen LogP contribution in [-0.4, -0.2) is 26.8 Å². The fourth-order valence-electron chi connectivity index (χ4n) is 2.41. The lowest BCUT2D eigenvalue weighted by Crippen LogP contribution is -2.37. The summed E-state index contributed by atoms with van der Waals surface area (Å²) in [7, 11) is 0. The Kier molecular flexibility index (Phi) is 3.97. The number of rotatable bonds is 4. The third kappa shape index (κ3) is 3.01. The Morgan fingerprint density at radius 1 is 1.30 bits per heavy atom. The molecule has 6 heteroatoms. The first-order valence-corrected chi connectivity index (χ1v) is 7.37. The number of furan rings is 1. The van der Waals surface area contributed by atoms with Crippen LogP contribution in [0.4, 0.5) is 0 Å². The highest BCUT2D eigenvalue weighted by atomic mass is 16.3. The summed E-state index contributed by atoms with van der Waals surface area (Å²) in [5.41, 5.74) is 0.887. The van der Waals surface area contributed by atoms with Gasteiger partial charge in [-0.15, -0.1) is 0 Å². The smallest absolute Gasteiger partial charge is 0.258 e. The molecule has 0 atom stereocenters. The van der Waals surface area contributed by atoms with E-state index in [2.05, 4.69) is 9.97 Å². The first kappa shape index (κ1) is 15.0. The average Bonchev–Trinajstić information content (AvgIpc) is 3.06. The topological polar surface area (TPSA) is 79.2 Å². The Bertz CT molecular complexity index is 881. The molecule has 1 aromatic carbocycles. The summed E-state index contributed by atoms with van der Waals surface area (Å²) in [6, 6.07) is 8.70. The van der Waals surface area contributed by atoms with E-state index in [4.69, 9.17) is 4.42 Å². The van der Waals surface area contributed by atoms with Gasteiger partial charge in [-0.25, -0.2) is 4.98 Å². The zero-order valence-electron chi connectivity index (χ0n) is 12.9. The fourth-order valence-corrected chi connectivity index (χ4v) is 2.41. The van der Waals surface area contributed by atoms with Crippen LogP contribution in [0.1, 0.15) is 30.0 Å². The molecule has 1 amide bonds. The van der Waals surface area contributed by atoms with Gasteiger partial charge in [0.15, 0.2) is 0 Å². The number of hydrogen-bond donors (Lipinski definition) is 1. The van der Waals surface area contributed by atoms with Crippen LogP contribution < -0.4 is 5.56 Å². The van der Waals surface area contributed by atoms with E-state index in [1.165, 1.54) is 12.5 Å². The maximum atomic E-state index is 12.5. The van der Waals surface area contributed by atoms with Gasteiger partial charge in [0.25, 0.3) is 11.5 Å². The van der Waals surface area contributed by atoms with Crippen molar-refractivity contribution in [1.29, 1.82) is 0 Å². The van der Waals surface area contributed by atoms with E-state index in [9.17, 15) is 9.59 Å². The molecule has 3 aromatic rings. The molecular formula is C17H17N3O3. The van der Waals surface area contributed by atoms with Crippen molar-refractivity contribution >= 4 is 16.8 Å². The number of carbonyl (C=O) groups is 1. The summed E-state index contributed by atoms with van der Waals surface area (Å²) >= 11 is 0. The van der Waals surface area contributed by atoms with Gasteiger partial charge < -0.3 is 14.3 Å². The summed E-state index contributed by atoms with van der Waals surface area (Å²) in [6.07, 6.45) is 2.87. The van der Waals surface area contributed by atoms with Gasteiger partial charge in [-0.2, -0.15) is 0 Å². The Morgan fingerprint density at radius 3 is 2.78 bits per heavy atom. The van der Waals surface area contributed by atoms with Crippen LogP contribution in [0.3, 0.4) is 0 Å². The number of amides is 1. The van der Waals surface area contributed by atoms with Crippen LogP contribution in [-0.2, 0) is 6.54 Å². The lowest BCUT2D eigenvalue weighted by Gasteiger charge is -2.25. The number of aromatic nitrogens is 2. The second kappa shape index (κ2) is 6.08. The van der Waals surface area contributed by atoms with E-state index in [1.54, 1.807) is 29.2 Å². The van der Waals surface area contributed by atoms with Crippen molar-refractivity contribution in [2.75, 3.05) is 0 Å². The molecule has 23 heavy (non-hydrogen) atoms. The maximum Gasteiger partial charge on any atom is 0.258 e. The van der Waals surface area contributed by atoms with E-state index in [0.29, 0.717) is 22.3 Å². The highest BCUT2D eigenvalue weighted by Gasteiger charge is 2.21. The van der Waals surface area contributed by atoms with E-state index in [1.807, 2.05) is 19.9 Å². The molecule has 0 fully saturated rings. The number of benzene rings is 1. The van der Waals surface area contributed by atoms with E-state index >= 15 is 0 Å². The molecule has 118 valence electrons. The summed E-state index contributed by atoms with van der Waals surface area (Å²) in [4.78, 5) is 33.5. The molecule has 2 heterocycles. The second-order valence-electron chi connectivity index (χ2n) is 5.57. The molecule has 0 aliphatic heterocycles. The van der Waals surface area contributed by atoms with Crippen molar-refractivity contribution < 1.29 is 9.21 Å². The molecule has 0 aliphatic carbocycles. The van der Waals surface area contributed by atoms with Gasteiger partial charge in [-0.05, 0) is 32.0 Å². The van der Waals surface area contributed by atoms with Gasteiger partial charge in [0, 0.05) is 6.04 Å². The van der Waals surface area contributed by atoms with E-state index in [-0.39, 0.29) is 24.1 Å². The number of hydrogen-bond acceptors (Lipinski definition) is 4. The minimum absolute atomic E-state index is 0.0471. The molecule has 6 nitrogen and oxygen atoms in total. The molecule has 0 unspecified atom stereocenters. The van der Waals surface area contributed by atoms with Crippen LogP contribution >= 0.6 is 0 Å². The zero-order valence-corrected chi connectivity index (χ0v) is 12.9. The number of nitrogens with one attached hydrogen (secondary N) is 1.